The van der Waals surface area contributed by atoms with Crippen LogP contribution in [0, 0.1) is 5.41 Å². The molecule has 2 rings (SSSR count). The molecule has 1 aromatic heterocycles. The first-order chi connectivity index (χ1) is 10.5. The average Bonchev–Trinajstić information content (AvgIpc) is 2.53. The largest absolute Gasteiger partial charge is 0.481 e. The zero-order valence-electron chi connectivity index (χ0n) is 14.4. The van der Waals surface area contributed by atoms with Gasteiger partial charge < -0.3 is 20.1 Å². The number of ether oxygens (including phenoxy) is 2. The molecule has 0 spiro atoms. The molecule has 1 heterocycles. The fourth-order valence-corrected chi connectivity index (χ4v) is 2.73. The molecule has 130 valence electrons. The minimum absolute atomic E-state index is 0. The summed E-state index contributed by atoms with van der Waals surface area (Å²) in [6.07, 6.45) is 1.28. The highest BCUT2D eigenvalue weighted by Gasteiger charge is 2.48. The van der Waals surface area contributed by atoms with Crippen molar-refractivity contribution in [3.63, 3.8) is 0 Å². The molecular formula is C16H27IN4O2. The van der Waals surface area contributed by atoms with E-state index in [-0.39, 0.29) is 29.4 Å². The van der Waals surface area contributed by atoms with E-state index in [1.807, 2.05) is 18.2 Å². The number of hydrogen-bond acceptors (Lipinski definition) is 4. The minimum atomic E-state index is 0. The van der Waals surface area contributed by atoms with Crippen molar-refractivity contribution < 1.29 is 9.47 Å². The van der Waals surface area contributed by atoms with Gasteiger partial charge in [0, 0.05) is 31.7 Å². The van der Waals surface area contributed by atoms with E-state index in [1.165, 1.54) is 0 Å². The van der Waals surface area contributed by atoms with Gasteiger partial charge in [-0.2, -0.15) is 0 Å². The molecule has 2 N–H and O–H groups in total. The normalized spacial score (nSPS) is 22.6. The van der Waals surface area contributed by atoms with Gasteiger partial charge in [0.2, 0.25) is 5.88 Å². The van der Waals surface area contributed by atoms with Crippen molar-refractivity contribution in [1.82, 2.24) is 15.6 Å². The number of halogens is 1. The Bertz CT molecular complexity index is 537. The molecule has 2 atom stereocenters. The number of hydrogen-bond donors (Lipinski definition) is 2. The van der Waals surface area contributed by atoms with E-state index in [0.717, 1.165) is 18.1 Å². The van der Waals surface area contributed by atoms with Gasteiger partial charge in [0.1, 0.15) is 0 Å². The second kappa shape index (κ2) is 8.68. The molecule has 1 aliphatic rings. The fourth-order valence-electron chi connectivity index (χ4n) is 2.73. The average molecular weight is 434 g/mol. The molecule has 7 heteroatoms. The number of aromatic nitrogens is 1. The number of nitrogens with zero attached hydrogens (tertiary/aromatic N) is 2. The van der Waals surface area contributed by atoms with Crippen molar-refractivity contribution in [2.24, 2.45) is 10.4 Å². The standard InChI is InChI=1S/C16H26N4O2.HI/c1-16(2)12(9-13(16)21-4)20-15(17-3)18-10-11-7-6-8-14(19-11)22-5;/h6-8,12-13H,9-10H2,1-5H3,(H2,17,18,20);1H. The van der Waals surface area contributed by atoms with Gasteiger partial charge in [-0.05, 0) is 12.5 Å². The van der Waals surface area contributed by atoms with E-state index in [4.69, 9.17) is 9.47 Å². The van der Waals surface area contributed by atoms with Crippen molar-refractivity contribution in [2.45, 2.75) is 39.0 Å². The predicted molar refractivity (Wildman–Crippen MR) is 103 cm³/mol. The Morgan fingerprint density at radius 1 is 1.39 bits per heavy atom. The maximum absolute atomic E-state index is 5.48. The zero-order valence-corrected chi connectivity index (χ0v) is 16.8. The number of pyridine rings is 1. The number of methoxy groups -OCH3 is 2. The lowest BCUT2D eigenvalue weighted by molar-refractivity contribution is -0.0922. The molecule has 2 unspecified atom stereocenters. The second-order valence-corrected chi connectivity index (χ2v) is 6.08. The van der Waals surface area contributed by atoms with Crippen LogP contribution in [-0.4, -0.2) is 44.4 Å². The summed E-state index contributed by atoms with van der Waals surface area (Å²) in [5, 5.41) is 6.74. The van der Waals surface area contributed by atoms with E-state index in [0.29, 0.717) is 24.6 Å². The van der Waals surface area contributed by atoms with Crippen LogP contribution in [0.1, 0.15) is 26.0 Å². The maximum Gasteiger partial charge on any atom is 0.213 e. The van der Waals surface area contributed by atoms with Gasteiger partial charge in [0.05, 0.1) is 25.5 Å². The summed E-state index contributed by atoms with van der Waals surface area (Å²) >= 11 is 0. The molecule has 1 fully saturated rings. The summed E-state index contributed by atoms with van der Waals surface area (Å²) < 4.78 is 10.6. The van der Waals surface area contributed by atoms with E-state index < -0.39 is 0 Å². The highest BCUT2D eigenvalue weighted by Crippen LogP contribution is 2.42. The molecule has 1 aromatic rings. The zero-order chi connectivity index (χ0) is 16.2. The van der Waals surface area contributed by atoms with Gasteiger partial charge in [-0.25, -0.2) is 4.98 Å². The molecule has 0 radical (unpaired) electrons. The maximum atomic E-state index is 5.48. The summed E-state index contributed by atoms with van der Waals surface area (Å²) in [5.74, 6) is 1.39. The Labute approximate surface area is 155 Å². The van der Waals surface area contributed by atoms with Crippen LogP contribution in [0.4, 0.5) is 0 Å². The van der Waals surface area contributed by atoms with Crippen LogP contribution in [0.2, 0.25) is 0 Å². The van der Waals surface area contributed by atoms with Crippen LogP contribution < -0.4 is 15.4 Å². The molecule has 0 aromatic carbocycles. The van der Waals surface area contributed by atoms with Crippen LogP contribution in [0.15, 0.2) is 23.2 Å². The molecule has 23 heavy (non-hydrogen) atoms. The topological polar surface area (TPSA) is 67.8 Å². The summed E-state index contributed by atoms with van der Waals surface area (Å²) in [6.45, 7) is 5.01. The Morgan fingerprint density at radius 2 is 2.13 bits per heavy atom. The minimum Gasteiger partial charge on any atom is -0.481 e. The Kier molecular flexibility index (Phi) is 7.53. The lowest BCUT2D eigenvalue weighted by Gasteiger charge is -2.51. The third-order valence-electron chi connectivity index (χ3n) is 4.42. The Hall–Kier alpha value is -1.09. The van der Waals surface area contributed by atoms with Crippen molar-refractivity contribution >= 4 is 29.9 Å². The molecule has 0 amide bonds. The first kappa shape index (κ1) is 20.0. The van der Waals surface area contributed by atoms with E-state index in [2.05, 4.69) is 34.5 Å². The van der Waals surface area contributed by atoms with Crippen molar-refractivity contribution in [3.8, 4) is 5.88 Å². The second-order valence-electron chi connectivity index (χ2n) is 6.08. The summed E-state index contributed by atoms with van der Waals surface area (Å²) in [6, 6.07) is 6.06. The van der Waals surface area contributed by atoms with Crippen LogP contribution in [0.3, 0.4) is 0 Å². The van der Waals surface area contributed by atoms with Crippen molar-refractivity contribution in [3.05, 3.63) is 23.9 Å². The van der Waals surface area contributed by atoms with Crippen molar-refractivity contribution in [2.75, 3.05) is 21.3 Å². The van der Waals surface area contributed by atoms with Crippen molar-refractivity contribution in [1.29, 1.82) is 0 Å². The number of aliphatic imine (C=N–C) groups is 1. The summed E-state index contributed by atoms with van der Waals surface area (Å²) in [5.41, 5.74) is 1.01. The molecular weight excluding hydrogens is 407 g/mol. The van der Waals surface area contributed by atoms with Gasteiger partial charge in [-0.15, -0.1) is 24.0 Å². The van der Waals surface area contributed by atoms with Crippen LogP contribution >= 0.6 is 24.0 Å². The quantitative estimate of drug-likeness (QED) is 0.423. The highest BCUT2D eigenvalue weighted by molar-refractivity contribution is 14.0. The van der Waals surface area contributed by atoms with E-state index >= 15 is 0 Å². The van der Waals surface area contributed by atoms with E-state index in [9.17, 15) is 0 Å². The SMILES string of the molecule is CN=C(NCc1cccc(OC)n1)NC1CC(OC)C1(C)C.I. The molecule has 1 saturated carbocycles. The van der Waals surface area contributed by atoms with Gasteiger partial charge in [0.25, 0.3) is 0 Å². The Balaban J connectivity index is 0.00000264. The number of nitrogens with one attached hydrogen (secondary N) is 2. The summed E-state index contributed by atoms with van der Waals surface area (Å²) in [7, 11) is 5.16. The highest BCUT2D eigenvalue weighted by atomic mass is 127. The lowest BCUT2D eigenvalue weighted by Crippen LogP contribution is -2.63. The van der Waals surface area contributed by atoms with Crippen LogP contribution in [0.5, 0.6) is 5.88 Å². The third-order valence-corrected chi connectivity index (χ3v) is 4.42. The molecule has 1 aliphatic carbocycles. The van der Waals surface area contributed by atoms with Gasteiger partial charge in [-0.1, -0.05) is 19.9 Å². The molecule has 0 bridgehead atoms. The molecule has 0 saturated heterocycles. The van der Waals surface area contributed by atoms with Gasteiger partial charge >= 0.3 is 0 Å². The number of guanidine groups is 1. The smallest absolute Gasteiger partial charge is 0.213 e. The van der Waals surface area contributed by atoms with Gasteiger partial charge in [-0.3, -0.25) is 4.99 Å². The summed E-state index contributed by atoms with van der Waals surface area (Å²) in [4.78, 5) is 8.66. The molecule has 6 nitrogen and oxygen atoms in total. The Morgan fingerprint density at radius 3 is 2.70 bits per heavy atom. The first-order valence-electron chi connectivity index (χ1n) is 7.51. The first-order valence-corrected chi connectivity index (χ1v) is 7.51. The van der Waals surface area contributed by atoms with Crippen LogP contribution in [-0.2, 0) is 11.3 Å². The molecule has 0 aliphatic heterocycles. The van der Waals surface area contributed by atoms with Gasteiger partial charge in [0.15, 0.2) is 5.96 Å². The lowest BCUT2D eigenvalue weighted by atomic mass is 9.64. The monoisotopic (exact) mass is 434 g/mol. The fraction of sp³-hybridized carbons (Fsp3) is 0.625. The predicted octanol–water partition coefficient (Wildman–Crippen LogP) is 2.19. The third kappa shape index (κ3) is 4.69. The van der Waals surface area contributed by atoms with Crippen LogP contribution in [0.25, 0.3) is 0 Å². The van der Waals surface area contributed by atoms with E-state index in [1.54, 1.807) is 21.3 Å². The number of rotatable bonds is 5.